The van der Waals surface area contributed by atoms with Gasteiger partial charge >= 0.3 is 11.6 Å². The van der Waals surface area contributed by atoms with Crippen LogP contribution in [0.2, 0.25) is 0 Å². The van der Waals surface area contributed by atoms with Crippen LogP contribution < -0.4 is 10.2 Å². The van der Waals surface area contributed by atoms with Crippen LogP contribution >= 0.6 is 15.9 Å². The number of nitrogen functional groups attached to an aromatic ring is 1. The van der Waals surface area contributed by atoms with E-state index >= 15 is 0 Å². The van der Waals surface area contributed by atoms with E-state index in [0.29, 0.717) is 5.95 Å². The highest BCUT2D eigenvalue weighted by atomic mass is 79.9. The Morgan fingerprint density at radius 3 is 3.18 bits per heavy atom. The third-order valence-corrected chi connectivity index (χ3v) is 2.00. The number of nitrogens with two attached hydrogens (primary N) is 1. The lowest BCUT2D eigenvalue weighted by Crippen LogP contribution is -2.22. The molecule has 0 unspecified atom stereocenters. The highest BCUT2D eigenvalue weighted by Crippen LogP contribution is 2.11. The molecule has 5 heteroatoms. The van der Waals surface area contributed by atoms with Gasteiger partial charge in [0, 0.05) is 4.98 Å². The van der Waals surface area contributed by atoms with Gasteiger partial charge in [0.05, 0.1) is 0 Å². The van der Waals surface area contributed by atoms with Gasteiger partial charge < -0.3 is 5.73 Å². The van der Waals surface area contributed by atoms with Gasteiger partial charge in [-0.15, -0.1) is 4.52 Å². The molecule has 0 fully saturated rings. The molecule has 0 radical (unpaired) electrons. The van der Waals surface area contributed by atoms with Crippen LogP contribution in [0.25, 0.3) is 5.65 Å². The molecule has 2 rings (SSSR count). The van der Waals surface area contributed by atoms with E-state index in [9.17, 15) is 0 Å². The molecule has 2 aromatic rings. The predicted molar refractivity (Wildman–Crippen MR) is 43.9 cm³/mol. The Labute approximate surface area is 71.2 Å². The molecule has 3 N–H and O–H groups in total. The maximum atomic E-state index is 5.45. The molecule has 0 aliphatic carbocycles. The Kier molecular flexibility index (Phi) is 1.32. The summed E-state index contributed by atoms with van der Waals surface area (Å²) < 4.78 is 2.67. The molecule has 2 heterocycles. The van der Waals surface area contributed by atoms with Gasteiger partial charge in [0.25, 0.3) is 0 Å². The minimum atomic E-state index is 0.414. The van der Waals surface area contributed by atoms with Gasteiger partial charge in [0.2, 0.25) is 0 Å². The lowest BCUT2D eigenvalue weighted by atomic mass is 10.5. The van der Waals surface area contributed by atoms with E-state index in [-0.39, 0.29) is 0 Å². The van der Waals surface area contributed by atoms with Crippen LogP contribution in [0.5, 0.6) is 0 Å². The number of hydrogen-bond donors (Lipinski definition) is 2. The maximum absolute atomic E-state index is 5.45. The van der Waals surface area contributed by atoms with Crippen LogP contribution in [0.3, 0.4) is 0 Å². The van der Waals surface area contributed by atoms with E-state index in [1.807, 2.05) is 18.3 Å². The smallest absolute Gasteiger partial charge is 0.345 e. The van der Waals surface area contributed by atoms with Gasteiger partial charge in [0.15, 0.2) is 0 Å². The second kappa shape index (κ2) is 2.20. The minimum Gasteiger partial charge on any atom is -0.345 e. The van der Waals surface area contributed by atoms with Crippen molar-refractivity contribution in [3.8, 4) is 0 Å². The van der Waals surface area contributed by atoms with E-state index in [1.54, 1.807) is 4.52 Å². The minimum absolute atomic E-state index is 0.414. The number of H-pyrrole nitrogens is 1. The first-order valence-electron chi connectivity index (χ1n) is 3.09. The molecule has 11 heavy (non-hydrogen) atoms. The lowest BCUT2D eigenvalue weighted by molar-refractivity contribution is -0.576. The van der Waals surface area contributed by atoms with Gasteiger partial charge in [-0.05, 0) is 28.1 Å². The van der Waals surface area contributed by atoms with Crippen molar-refractivity contribution in [1.82, 2.24) is 10.1 Å². The quantitative estimate of drug-likeness (QED) is 0.627. The summed E-state index contributed by atoms with van der Waals surface area (Å²) in [6.07, 6.45) is 1.85. The van der Waals surface area contributed by atoms with Crippen molar-refractivity contribution in [2.75, 3.05) is 5.73 Å². The number of fused-ring (bicyclic) bond motifs is 1. The number of halogens is 1. The third-order valence-electron chi connectivity index (χ3n) is 1.38. The van der Waals surface area contributed by atoms with Gasteiger partial charge in [-0.2, -0.15) is 5.10 Å². The first-order valence-corrected chi connectivity index (χ1v) is 3.88. The summed E-state index contributed by atoms with van der Waals surface area (Å²) in [6.45, 7) is 0. The Balaban J connectivity index is 2.90. The topological polar surface area (TPSA) is 58.8 Å². The molecular formula is C6H6BrN4+. The van der Waals surface area contributed by atoms with Gasteiger partial charge in [-0.25, -0.2) is 0 Å². The fourth-order valence-corrected chi connectivity index (χ4v) is 1.37. The van der Waals surface area contributed by atoms with Gasteiger partial charge in [-0.3, -0.25) is 0 Å². The summed E-state index contributed by atoms with van der Waals surface area (Å²) in [6, 6.07) is 3.81. The number of aromatic amines is 1. The average Bonchev–Trinajstić information content (AvgIpc) is 2.31. The molecule has 0 aliphatic rings. The number of aromatic nitrogens is 3. The number of nitrogens with one attached hydrogen (secondary N) is 1. The molecular weight excluding hydrogens is 208 g/mol. The first kappa shape index (κ1) is 6.60. The van der Waals surface area contributed by atoms with Crippen molar-refractivity contribution in [3.05, 3.63) is 22.8 Å². The normalized spacial score (nSPS) is 10.6. The van der Waals surface area contributed by atoms with Crippen molar-refractivity contribution >= 4 is 27.5 Å². The summed E-state index contributed by atoms with van der Waals surface area (Å²) >= 11 is 3.35. The van der Waals surface area contributed by atoms with E-state index in [4.69, 9.17) is 5.73 Å². The highest BCUT2D eigenvalue weighted by Gasteiger charge is 2.11. The number of rotatable bonds is 0. The standard InChI is InChI=1S/C6H5BrN4/c7-4-2-1-3-11-5(4)9-6(8)10-11/h1-3H,(H2,8,10)/p+1. The predicted octanol–water partition coefficient (Wildman–Crippen LogP) is 0.493. The fourth-order valence-electron chi connectivity index (χ4n) is 0.934. The van der Waals surface area contributed by atoms with E-state index in [2.05, 4.69) is 26.0 Å². The first-order chi connectivity index (χ1) is 5.27. The third kappa shape index (κ3) is 0.970. The van der Waals surface area contributed by atoms with Crippen molar-refractivity contribution < 1.29 is 4.52 Å². The Morgan fingerprint density at radius 2 is 2.45 bits per heavy atom. The summed E-state index contributed by atoms with van der Waals surface area (Å²) in [5.41, 5.74) is 6.25. The molecule has 0 aromatic carbocycles. The van der Waals surface area contributed by atoms with Gasteiger partial charge in [-0.1, -0.05) is 0 Å². The molecule has 2 aromatic heterocycles. The van der Waals surface area contributed by atoms with Crippen molar-refractivity contribution in [1.29, 1.82) is 0 Å². The summed E-state index contributed by atoms with van der Waals surface area (Å²) in [7, 11) is 0. The zero-order valence-corrected chi connectivity index (χ0v) is 7.17. The Morgan fingerprint density at radius 1 is 1.64 bits per heavy atom. The number of anilines is 1. The number of pyridine rings is 1. The summed E-state index contributed by atoms with van der Waals surface area (Å²) in [4.78, 5) is 4.05. The zero-order chi connectivity index (χ0) is 7.84. The molecule has 0 saturated carbocycles. The Bertz CT molecular complexity index is 394. The molecule has 0 bridgehead atoms. The molecule has 0 amide bonds. The number of nitrogens with zero attached hydrogens (tertiary/aromatic N) is 2. The molecule has 56 valence electrons. The fraction of sp³-hybridized carbons (Fsp3) is 0. The molecule has 0 aliphatic heterocycles. The average molecular weight is 214 g/mol. The van der Waals surface area contributed by atoms with Gasteiger partial charge in [0.1, 0.15) is 10.7 Å². The van der Waals surface area contributed by atoms with Crippen molar-refractivity contribution in [2.45, 2.75) is 0 Å². The number of hydrogen-bond acceptors (Lipinski definition) is 2. The second-order valence-corrected chi connectivity index (χ2v) is 3.01. The van der Waals surface area contributed by atoms with Crippen molar-refractivity contribution in [2.24, 2.45) is 0 Å². The second-order valence-electron chi connectivity index (χ2n) is 2.16. The molecule has 0 atom stereocenters. The molecule has 0 saturated heterocycles. The summed E-state index contributed by atoms with van der Waals surface area (Å²) in [5, 5.41) is 2.85. The zero-order valence-electron chi connectivity index (χ0n) is 5.58. The largest absolute Gasteiger partial charge is 0.365 e. The van der Waals surface area contributed by atoms with Crippen LogP contribution in [0.15, 0.2) is 22.8 Å². The van der Waals surface area contributed by atoms with Crippen molar-refractivity contribution in [3.63, 3.8) is 0 Å². The maximum Gasteiger partial charge on any atom is 0.365 e. The van der Waals surface area contributed by atoms with Crippen LogP contribution in [0, 0.1) is 0 Å². The molecule has 0 spiro atoms. The Hall–Kier alpha value is -1.10. The monoisotopic (exact) mass is 213 g/mol. The van der Waals surface area contributed by atoms with E-state index < -0.39 is 0 Å². The van der Waals surface area contributed by atoms with Crippen LogP contribution in [-0.2, 0) is 0 Å². The highest BCUT2D eigenvalue weighted by molar-refractivity contribution is 9.10. The molecule has 4 nitrogen and oxygen atoms in total. The van der Waals surface area contributed by atoms with Crippen LogP contribution in [0.1, 0.15) is 0 Å². The summed E-state index contributed by atoms with van der Waals surface area (Å²) in [5.74, 6) is 0.414. The van der Waals surface area contributed by atoms with E-state index in [0.717, 1.165) is 10.1 Å². The SMILES string of the molecule is Nc1nc2c(Br)ccc[n+]2[nH]1. The lowest BCUT2D eigenvalue weighted by Gasteiger charge is -1.82. The van der Waals surface area contributed by atoms with E-state index in [1.165, 1.54) is 0 Å². The van der Waals surface area contributed by atoms with Crippen LogP contribution in [0.4, 0.5) is 5.95 Å². The van der Waals surface area contributed by atoms with Crippen LogP contribution in [-0.4, -0.2) is 10.1 Å².